The average molecular weight is 659 g/mol. The number of hydrogen-bond donors (Lipinski definition) is 1. The number of halogens is 1. The molecule has 2 saturated heterocycles. The maximum Gasteiger partial charge on any atom is 0.313 e. The number of hydrogen-bond acceptors (Lipinski definition) is 7. The van der Waals surface area contributed by atoms with Crippen molar-refractivity contribution in [3.05, 3.63) is 58.6 Å². The Hall–Kier alpha value is -3.02. The normalized spacial score (nSPS) is 34.0. The molecule has 7 atom stereocenters. The Balaban J connectivity index is 1.60. The van der Waals surface area contributed by atoms with Crippen LogP contribution in [0.1, 0.15) is 51.2 Å². The van der Waals surface area contributed by atoms with Crippen LogP contribution in [0.2, 0.25) is 0 Å². The van der Waals surface area contributed by atoms with Crippen molar-refractivity contribution < 1.29 is 33.8 Å². The molecule has 3 amide bonds. The van der Waals surface area contributed by atoms with Crippen molar-refractivity contribution in [2.45, 2.75) is 69.4 Å². The number of rotatable bonds is 6. The largest absolute Gasteiger partial charge is 0.455 e. The molecule has 5 bridgehead atoms. The summed E-state index contributed by atoms with van der Waals surface area (Å²) in [6.07, 6.45) is 6.29. The summed E-state index contributed by atoms with van der Waals surface area (Å²) in [4.78, 5) is 60.5. The third-order valence-electron chi connectivity index (χ3n) is 9.20. The molecule has 2 fully saturated rings. The summed E-state index contributed by atoms with van der Waals surface area (Å²) in [6.45, 7) is 4.23. The van der Waals surface area contributed by atoms with Gasteiger partial charge in [-0.25, -0.2) is 0 Å². The summed E-state index contributed by atoms with van der Waals surface area (Å²) in [7, 11) is 1.70. The van der Waals surface area contributed by atoms with E-state index in [4.69, 9.17) is 9.47 Å². The number of likely N-dealkylation sites (N-methyl/N-ethyl adjacent to an activating group) is 1. The smallest absolute Gasteiger partial charge is 0.313 e. The number of nitrogens with zero attached hydrogens (tertiary/aromatic N) is 3. The lowest BCUT2D eigenvalue weighted by Gasteiger charge is -2.35. The van der Waals surface area contributed by atoms with Crippen molar-refractivity contribution >= 4 is 39.6 Å². The van der Waals surface area contributed by atoms with Crippen LogP contribution in [0.25, 0.3) is 0 Å². The Morgan fingerprint density at radius 1 is 1.05 bits per heavy atom. The molecule has 0 aliphatic carbocycles. The van der Waals surface area contributed by atoms with E-state index < -0.39 is 53.6 Å². The molecule has 10 nitrogen and oxygen atoms in total. The molecule has 0 saturated carbocycles. The zero-order chi connectivity index (χ0) is 30.9. The fourth-order valence-electron chi connectivity index (χ4n) is 6.85. The molecule has 1 N–H and O–H groups in total. The number of likely N-dealkylation sites (tertiary alicyclic amines) is 1. The lowest BCUT2D eigenvalue weighted by atomic mass is 9.74. The number of amides is 3. The van der Waals surface area contributed by atoms with Crippen LogP contribution >= 0.6 is 15.9 Å². The first-order valence-electron chi connectivity index (χ1n) is 15.1. The third-order valence-corrected chi connectivity index (χ3v) is 9.88. The van der Waals surface area contributed by atoms with Crippen molar-refractivity contribution in [3.63, 3.8) is 0 Å². The molecule has 232 valence electrons. The van der Waals surface area contributed by atoms with E-state index in [2.05, 4.69) is 15.9 Å². The van der Waals surface area contributed by atoms with Crippen LogP contribution in [0.15, 0.2) is 53.0 Å². The van der Waals surface area contributed by atoms with Crippen LogP contribution in [0.5, 0.6) is 0 Å². The number of ether oxygens (including phenoxy) is 2. The number of carbonyl (C=O) groups excluding carboxylic acids is 4. The Kier molecular flexibility index (Phi) is 9.43. The lowest BCUT2D eigenvalue weighted by molar-refractivity contribution is -0.164. The first-order chi connectivity index (χ1) is 20.7. The van der Waals surface area contributed by atoms with E-state index >= 15 is 0 Å². The van der Waals surface area contributed by atoms with Gasteiger partial charge in [0.25, 0.3) is 0 Å². The molecule has 11 heteroatoms. The van der Waals surface area contributed by atoms with E-state index in [9.17, 15) is 24.3 Å². The topological polar surface area (TPSA) is 117 Å². The summed E-state index contributed by atoms with van der Waals surface area (Å²) in [6, 6.07) is 7.67. The molecule has 4 aliphatic rings. The fourth-order valence-corrected chi connectivity index (χ4v) is 7.59. The summed E-state index contributed by atoms with van der Waals surface area (Å²) in [5.74, 6) is -3.48. The van der Waals surface area contributed by atoms with Crippen LogP contribution in [0.3, 0.4) is 0 Å². The average Bonchev–Trinajstić information content (AvgIpc) is 3.59. The van der Waals surface area contributed by atoms with Gasteiger partial charge in [0.1, 0.15) is 29.8 Å². The summed E-state index contributed by atoms with van der Waals surface area (Å²) < 4.78 is 13.3. The predicted molar refractivity (Wildman–Crippen MR) is 162 cm³/mol. The minimum absolute atomic E-state index is 0.0667. The number of esters is 1. The molecule has 1 spiro atoms. The SMILES string of the molecule is CCCCN1C/C=C\CCC(=O)N(C)[C@@H](C)[C@H](c2ccccc2)OC(=O)[C@H]2[C@@H]3O[C@@]4(C=C3Br)[C@@H]2C(=O)N(CCO)[C@@H]4C1=O. The second kappa shape index (κ2) is 12.9. The zero-order valence-electron chi connectivity index (χ0n) is 24.9. The molecule has 5 rings (SSSR count). The molecular weight excluding hydrogens is 618 g/mol. The Bertz CT molecular complexity index is 1300. The van der Waals surface area contributed by atoms with Gasteiger partial charge in [0.05, 0.1) is 18.6 Å². The molecule has 43 heavy (non-hydrogen) atoms. The first-order valence-corrected chi connectivity index (χ1v) is 15.9. The molecular formula is C32H40BrN3O7. The highest BCUT2D eigenvalue weighted by atomic mass is 79.9. The minimum Gasteiger partial charge on any atom is -0.455 e. The Labute approximate surface area is 260 Å². The minimum atomic E-state index is -1.39. The highest BCUT2D eigenvalue weighted by molar-refractivity contribution is 9.11. The Morgan fingerprint density at radius 2 is 1.79 bits per heavy atom. The van der Waals surface area contributed by atoms with Gasteiger partial charge in [0.15, 0.2) is 0 Å². The van der Waals surface area contributed by atoms with E-state index in [0.717, 1.165) is 12.8 Å². The fraction of sp³-hybridized carbons (Fsp3) is 0.562. The molecule has 1 aromatic carbocycles. The molecule has 0 aromatic heterocycles. The maximum absolute atomic E-state index is 14.3. The molecule has 1 aromatic rings. The van der Waals surface area contributed by atoms with E-state index in [1.165, 1.54) is 4.90 Å². The van der Waals surface area contributed by atoms with Crippen LogP contribution in [-0.4, -0.2) is 101 Å². The molecule has 4 heterocycles. The van der Waals surface area contributed by atoms with E-state index in [-0.39, 0.29) is 31.4 Å². The lowest BCUT2D eigenvalue weighted by Crippen LogP contribution is -2.56. The van der Waals surface area contributed by atoms with Crippen LogP contribution in [0, 0.1) is 11.8 Å². The quantitative estimate of drug-likeness (QED) is 0.369. The number of carbonyl (C=O) groups is 4. The second-order valence-electron chi connectivity index (χ2n) is 11.7. The van der Waals surface area contributed by atoms with Gasteiger partial charge in [0, 0.05) is 37.6 Å². The van der Waals surface area contributed by atoms with E-state index in [0.29, 0.717) is 29.6 Å². The van der Waals surface area contributed by atoms with Crippen LogP contribution in [0.4, 0.5) is 0 Å². The van der Waals surface area contributed by atoms with Crippen molar-refractivity contribution in [1.82, 2.24) is 14.7 Å². The van der Waals surface area contributed by atoms with Gasteiger partial charge in [-0.1, -0.05) is 71.8 Å². The van der Waals surface area contributed by atoms with Gasteiger partial charge < -0.3 is 29.3 Å². The summed E-state index contributed by atoms with van der Waals surface area (Å²) >= 11 is 3.56. The number of allylic oxidation sites excluding steroid dienone is 1. The number of fused-ring (bicyclic) bond motifs is 2. The first kappa shape index (κ1) is 31.4. The van der Waals surface area contributed by atoms with Gasteiger partial charge >= 0.3 is 5.97 Å². The highest BCUT2D eigenvalue weighted by Crippen LogP contribution is 2.59. The number of unbranched alkanes of at least 4 members (excludes halogenated alkanes) is 1. The van der Waals surface area contributed by atoms with Crippen LogP contribution < -0.4 is 0 Å². The molecule has 4 aliphatic heterocycles. The summed E-state index contributed by atoms with van der Waals surface area (Å²) in [5, 5.41) is 9.92. The number of benzene rings is 1. The van der Waals surface area contributed by atoms with Gasteiger partial charge in [-0.2, -0.15) is 0 Å². The van der Waals surface area contributed by atoms with Gasteiger partial charge in [-0.15, -0.1) is 0 Å². The summed E-state index contributed by atoms with van der Waals surface area (Å²) in [5.41, 5.74) is -0.673. The third kappa shape index (κ3) is 5.55. The monoisotopic (exact) mass is 657 g/mol. The van der Waals surface area contributed by atoms with Gasteiger partial charge in [-0.05, 0) is 31.4 Å². The van der Waals surface area contributed by atoms with E-state index in [1.807, 2.05) is 56.3 Å². The zero-order valence-corrected chi connectivity index (χ0v) is 26.4. The number of β-amino-alcohol motifs (C(OH)–C–C–N with tert-alkyl or cyclic N) is 1. The molecule has 0 unspecified atom stereocenters. The standard InChI is InChI=1S/C32H40BrN3O7/c1-4-5-15-35-16-11-7-10-14-23(38)34(3)20(2)26(21-12-8-6-9-13-21)42-31(41)24-25-29(39)36(17-18-37)28(30(35)40)32(25)19-22(33)27(24)43-32/h6-9,11-13,19-20,24-28,37H,4-5,10,14-18H2,1-3H3/b11-7-/t20-,24+,25-,26+,27+,28+,32-/m0/s1. The Morgan fingerprint density at radius 3 is 2.49 bits per heavy atom. The van der Waals surface area contributed by atoms with Gasteiger partial charge in [-0.3, -0.25) is 19.2 Å². The van der Waals surface area contributed by atoms with Crippen molar-refractivity contribution in [2.75, 3.05) is 33.3 Å². The molecule has 0 radical (unpaired) electrons. The number of cyclic esters (lactones) is 1. The number of aliphatic hydroxyl groups excluding tert-OH is 1. The van der Waals surface area contributed by atoms with Gasteiger partial charge in [0.2, 0.25) is 17.7 Å². The van der Waals surface area contributed by atoms with E-state index in [1.54, 1.807) is 22.9 Å². The number of aliphatic hydroxyl groups is 1. The van der Waals surface area contributed by atoms with Crippen molar-refractivity contribution in [1.29, 1.82) is 0 Å². The predicted octanol–water partition coefficient (Wildman–Crippen LogP) is 2.96. The maximum atomic E-state index is 14.3. The highest BCUT2D eigenvalue weighted by Gasteiger charge is 2.75. The van der Waals surface area contributed by atoms with Crippen molar-refractivity contribution in [3.8, 4) is 0 Å². The van der Waals surface area contributed by atoms with Crippen molar-refractivity contribution in [2.24, 2.45) is 11.8 Å². The van der Waals surface area contributed by atoms with Crippen LogP contribution in [-0.2, 0) is 28.7 Å². The second-order valence-corrected chi connectivity index (χ2v) is 12.7.